The van der Waals surface area contributed by atoms with E-state index in [1.165, 1.54) is 0 Å². The van der Waals surface area contributed by atoms with E-state index in [4.69, 9.17) is 9.47 Å². The highest BCUT2D eigenvalue weighted by atomic mass is 16.5. The fraction of sp³-hybridized carbons (Fsp3) is 0.259. The zero-order valence-electron chi connectivity index (χ0n) is 19.6. The Balaban J connectivity index is 1.42. The van der Waals surface area contributed by atoms with Crippen LogP contribution in [0.2, 0.25) is 0 Å². The lowest BCUT2D eigenvalue weighted by atomic mass is 10.1. The summed E-state index contributed by atoms with van der Waals surface area (Å²) in [5.41, 5.74) is 1.98. The van der Waals surface area contributed by atoms with Gasteiger partial charge in [-0.2, -0.15) is 0 Å². The van der Waals surface area contributed by atoms with Gasteiger partial charge in [0.05, 0.1) is 6.54 Å². The van der Waals surface area contributed by atoms with E-state index in [1.807, 2.05) is 50.2 Å². The van der Waals surface area contributed by atoms with Gasteiger partial charge in [-0.1, -0.05) is 24.3 Å². The number of para-hydroxylation sites is 1. The Morgan fingerprint density at radius 1 is 0.765 bits per heavy atom. The van der Waals surface area contributed by atoms with Crippen LogP contribution in [-0.2, 0) is 4.79 Å². The molecule has 34 heavy (non-hydrogen) atoms. The fourth-order valence-corrected chi connectivity index (χ4v) is 3.31. The van der Waals surface area contributed by atoms with Crippen molar-refractivity contribution in [3.8, 4) is 11.5 Å². The van der Waals surface area contributed by atoms with Crippen molar-refractivity contribution >= 4 is 23.2 Å². The second kappa shape index (κ2) is 12.9. The first kappa shape index (κ1) is 24.6. The van der Waals surface area contributed by atoms with Gasteiger partial charge in [-0.15, -0.1) is 0 Å². The Bertz CT molecular complexity index is 1050. The molecule has 0 fully saturated rings. The Morgan fingerprint density at radius 3 is 2.06 bits per heavy atom. The minimum absolute atomic E-state index is 0.0213. The molecule has 2 N–H and O–H groups in total. The molecular formula is C27H31N3O4. The summed E-state index contributed by atoms with van der Waals surface area (Å²) < 4.78 is 11.3. The lowest BCUT2D eigenvalue weighted by molar-refractivity contribution is -0.114. The van der Waals surface area contributed by atoms with Crippen molar-refractivity contribution in [2.45, 2.75) is 13.8 Å². The third-order valence-electron chi connectivity index (χ3n) is 5.12. The van der Waals surface area contributed by atoms with Crippen molar-refractivity contribution in [1.29, 1.82) is 0 Å². The molecular weight excluding hydrogens is 430 g/mol. The largest absolute Gasteiger partial charge is 0.490 e. The van der Waals surface area contributed by atoms with E-state index >= 15 is 0 Å². The number of nitrogens with zero attached hydrogens (tertiary/aromatic N) is 1. The Kier molecular flexibility index (Phi) is 9.34. The van der Waals surface area contributed by atoms with Crippen LogP contribution in [0.1, 0.15) is 24.2 Å². The van der Waals surface area contributed by atoms with Crippen LogP contribution in [0.4, 0.5) is 11.4 Å². The molecule has 0 spiro atoms. The first-order valence-corrected chi connectivity index (χ1v) is 11.4. The average Bonchev–Trinajstić information content (AvgIpc) is 2.88. The number of carbonyl (C=O) groups excluding carboxylic acids is 2. The quantitative estimate of drug-likeness (QED) is 0.383. The second-order valence-electron chi connectivity index (χ2n) is 7.49. The number of benzene rings is 3. The first-order chi connectivity index (χ1) is 16.6. The molecule has 0 aromatic heterocycles. The molecule has 0 saturated heterocycles. The van der Waals surface area contributed by atoms with E-state index in [9.17, 15) is 9.59 Å². The predicted octanol–water partition coefficient (Wildman–Crippen LogP) is 4.68. The highest BCUT2D eigenvalue weighted by molar-refractivity contribution is 5.96. The molecule has 0 saturated carbocycles. The van der Waals surface area contributed by atoms with Crippen molar-refractivity contribution < 1.29 is 19.1 Å². The van der Waals surface area contributed by atoms with Crippen LogP contribution in [0.15, 0.2) is 78.9 Å². The maximum absolute atomic E-state index is 12.5. The lowest BCUT2D eigenvalue weighted by Gasteiger charge is -2.19. The first-order valence-electron chi connectivity index (χ1n) is 11.4. The van der Waals surface area contributed by atoms with Gasteiger partial charge in [-0.25, -0.2) is 0 Å². The van der Waals surface area contributed by atoms with Gasteiger partial charge < -0.3 is 25.0 Å². The molecule has 7 nitrogen and oxygen atoms in total. The van der Waals surface area contributed by atoms with Crippen LogP contribution in [-0.4, -0.2) is 49.6 Å². The summed E-state index contributed by atoms with van der Waals surface area (Å²) in [4.78, 5) is 26.6. The van der Waals surface area contributed by atoms with E-state index in [2.05, 4.69) is 10.6 Å². The Labute approximate surface area is 200 Å². The molecule has 3 aromatic carbocycles. The summed E-state index contributed by atoms with van der Waals surface area (Å²) in [5.74, 6) is 1.29. The van der Waals surface area contributed by atoms with Gasteiger partial charge in [0.1, 0.15) is 24.7 Å². The molecule has 0 aliphatic heterocycles. The van der Waals surface area contributed by atoms with Crippen molar-refractivity contribution in [3.05, 3.63) is 84.4 Å². The topological polar surface area (TPSA) is 79.9 Å². The highest BCUT2D eigenvalue weighted by Crippen LogP contribution is 2.17. The Morgan fingerprint density at radius 2 is 1.41 bits per heavy atom. The van der Waals surface area contributed by atoms with Gasteiger partial charge in [0, 0.05) is 30.0 Å². The molecule has 0 heterocycles. The van der Waals surface area contributed by atoms with E-state index in [1.54, 1.807) is 47.4 Å². The molecule has 178 valence electrons. The predicted molar refractivity (Wildman–Crippen MR) is 135 cm³/mol. The van der Waals surface area contributed by atoms with Crippen molar-refractivity contribution in [1.82, 2.24) is 4.90 Å². The highest BCUT2D eigenvalue weighted by Gasteiger charge is 2.12. The summed E-state index contributed by atoms with van der Waals surface area (Å²) in [7, 11) is 0. The number of ether oxygens (including phenoxy) is 2. The summed E-state index contributed by atoms with van der Waals surface area (Å²) in [6.07, 6.45) is 0. The van der Waals surface area contributed by atoms with Crippen molar-refractivity contribution in [2.24, 2.45) is 0 Å². The van der Waals surface area contributed by atoms with E-state index in [0.717, 1.165) is 11.4 Å². The van der Waals surface area contributed by atoms with Crippen molar-refractivity contribution in [3.63, 3.8) is 0 Å². The number of hydrogen-bond donors (Lipinski definition) is 2. The number of amides is 2. The molecule has 3 aromatic rings. The van der Waals surface area contributed by atoms with Crippen LogP contribution in [0, 0.1) is 0 Å². The monoisotopic (exact) mass is 461 g/mol. The lowest BCUT2D eigenvalue weighted by Crippen LogP contribution is -2.30. The summed E-state index contributed by atoms with van der Waals surface area (Å²) in [5, 5.41) is 5.92. The van der Waals surface area contributed by atoms with Crippen LogP contribution >= 0.6 is 0 Å². The van der Waals surface area contributed by atoms with Gasteiger partial charge in [-0.3, -0.25) is 9.59 Å². The van der Waals surface area contributed by atoms with Gasteiger partial charge in [0.15, 0.2) is 0 Å². The van der Waals surface area contributed by atoms with E-state index < -0.39 is 0 Å². The van der Waals surface area contributed by atoms with Crippen LogP contribution < -0.4 is 20.1 Å². The van der Waals surface area contributed by atoms with Crippen LogP contribution in [0.5, 0.6) is 11.5 Å². The van der Waals surface area contributed by atoms with Gasteiger partial charge >= 0.3 is 0 Å². The number of carbonyl (C=O) groups is 2. The van der Waals surface area contributed by atoms with Gasteiger partial charge in [0.25, 0.3) is 5.91 Å². The number of rotatable bonds is 12. The third-order valence-corrected chi connectivity index (χ3v) is 5.12. The SMILES string of the molecule is CCN(CC)C(=O)c1cccc(NCC(=O)Nc2ccc(OCCOc3ccccc3)cc2)c1. The molecule has 2 amide bonds. The van der Waals surface area contributed by atoms with Gasteiger partial charge in [0.2, 0.25) is 5.91 Å². The molecule has 0 aliphatic rings. The number of nitrogens with one attached hydrogen (secondary N) is 2. The minimum atomic E-state index is -0.189. The molecule has 0 bridgehead atoms. The minimum Gasteiger partial charge on any atom is -0.490 e. The van der Waals surface area contributed by atoms with E-state index in [-0.39, 0.29) is 18.4 Å². The number of hydrogen-bond acceptors (Lipinski definition) is 5. The van der Waals surface area contributed by atoms with E-state index in [0.29, 0.717) is 43.3 Å². The zero-order valence-corrected chi connectivity index (χ0v) is 19.6. The van der Waals surface area contributed by atoms with Gasteiger partial charge in [-0.05, 0) is 68.4 Å². The van der Waals surface area contributed by atoms with Crippen LogP contribution in [0.3, 0.4) is 0 Å². The maximum Gasteiger partial charge on any atom is 0.253 e. The zero-order chi connectivity index (χ0) is 24.2. The molecule has 0 aliphatic carbocycles. The summed E-state index contributed by atoms with van der Waals surface area (Å²) in [6, 6.07) is 23.9. The summed E-state index contributed by atoms with van der Waals surface area (Å²) >= 11 is 0. The molecule has 0 unspecified atom stereocenters. The summed E-state index contributed by atoms with van der Waals surface area (Å²) in [6.45, 7) is 6.15. The fourth-order valence-electron chi connectivity index (χ4n) is 3.31. The smallest absolute Gasteiger partial charge is 0.253 e. The molecule has 0 radical (unpaired) electrons. The normalized spacial score (nSPS) is 10.3. The molecule has 0 atom stereocenters. The third kappa shape index (κ3) is 7.55. The second-order valence-corrected chi connectivity index (χ2v) is 7.49. The van der Waals surface area contributed by atoms with Crippen LogP contribution in [0.25, 0.3) is 0 Å². The Hall–Kier alpha value is -4.00. The standard InChI is InChI=1S/C27H31N3O4/c1-3-30(4-2)27(32)21-9-8-10-23(19-21)28-20-26(31)29-22-13-15-25(16-14-22)34-18-17-33-24-11-6-5-7-12-24/h5-16,19,28H,3-4,17-18,20H2,1-2H3,(H,29,31). The molecule has 3 rings (SSSR count). The average molecular weight is 462 g/mol. The molecule has 7 heteroatoms. The number of anilines is 2. The van der Waals surface area contributed by atoms with Crippen molar-refractivity contribution in [2.75, 3.05) is 43.5 Å². The maximum atomic E-state index is 12.5.